The molecule has 0 aliphatic heterocycles. The number of hydrogen-bond acceptors (Lipinski definition) is 3. The lowest BCUT2D eigenvalue weighted by Gasteiger charge is -2.10. The third-order valence-corrected chi connectivity index (χ3v) is 2.26. The van der Waals surface area contributed by atoms with E-state index in [-0.39, 0.29) is 6.61 Å². The van der Waals surface area contributed by atoms with Crippen molar-refractivity contribution >= 4 is 23.5 Å². The summed E-state index contributed by atoms with van der Waals surface area (Å²) in [7, 11) is 0. The summed E-state index contributed by atoms with van der Waals surface area (Å²) in [6, 6.07) is 5.77. The second kappa shape index (κ2) is 6.10. The molecule has 0 radical (unpaired) electrons. The number of carboxylic acid groups (broad SMARTS) is 1. The van der Waals surface area contributed by atoms with E-state index in [2.05, 4.69) is 5.32 Å². The zero-order valence-electron chi connectivity index (χ0n) is 9.14. The Hall–Kier alpha value is -1.75. The molecule has 17 heavy (non-hydrogen) atoms. The van der Waals surface area contributed by atoms with Crippen LogP contribution in [0.15, 0.2) is 24.3 Å². The van der Waals surface area contributed by atoms with Gasteiger partial charge in [-0.25, -0.2) is 0 Å². The number of amides is 1. The standard InChI is InChI=1S/C11H12ClNO4/c1-7(11(15)16)13-10(14)6-17-9-5-3-2-4-8(9)12/h2-5,7H,6H2,1H3,(H,13,14)(H,15,16)/t7-/m1/s1. The number of ether oxygens (including phenoxy) is 1. The van der Waals surface area contributed by atoms with Crippen molar-refractivity contribution in [3.8, 4) is 5.75 Å². The smallest absolute Gasteiger partial charge is 0.325 e. The summed E-state index contributed by atoms with van der Waals surface area (Å²) < 4.78 is 5.14. The van der Waals surface area contributed by atoms with Gasteiger partial charge in [-0.15, -0.1) is 0 Å². The summed E-state index contributed by atoms with van der Waals surface area (Å²) >= 11 is 5.81. The fraction of sp³-hybridized carbons (Fsp3) is 0.273. The maximum Gasteiger partial charge on any atom is 0.325 e. The van der Waals surface area contributed by atoms with Crippen LogP contribution in [0.2, 0.25) is 5.02 Å². The Balaban J connectivity index is 2.44. The number of benzene rings is 1. The summed E-state index contributed by atoms with van der Waals surface area (Å²) in [6.45, 7) is 1.09. The molecule has 92 valence electrons. The van der Waals surface area contributed by atoms with E-state index in [0.29, 0.717) is 10.8 Å². The van der Waals surface area contributed by atoms with Crippen molar-refractivity contribution in [3.05, 3.63) is 29.3 Å². The zero-order valence-corrected chi connectivity index (χ0v) is 9.90. The normalized spacial score (nSPS) is 11.6. The first-order chi connectivity index (χ1) is 8.00. The number of para-hydroxylation sites is 1. The second-order valence-corrected chi connectivity index (χ2v) is 3.75. The van der Waals surface area contributed by atoms with Crippen LogP contribution in [0.5, 0.6) is 5.75 Å². The lowest BCUT2D eigenvalue weighted by atomic mass is 10.3. The molecule has 0 unspecified atom stereocenters. The SMILES string of the molecule is C[C@@H](NC(=O)COc1ccccc1Cl)C(=O)O. The van der Waals surface area contributed by atoms with Crippen LogP contribution in [0.25, 0.3) is 0 Å². The molecule has 2 N–H and O–H groups in total. The predicted molar refractivity (Wildman–Crippen MR) is 62.2 cm³/mol. The Morgan fingerprint density at radius 2 is 2.12 bits per heavy atom. The number of carbonyl (C=O) groups excluding carboxylic acids is 1. The largest absolute Gasteiger partial charge is 0.482 e. The highest BCUT2D eigenvalue weighted by atomic mass is 35.5. The number of halogens is 1. The molecular weight excluding hydrogens is 246 g/mol. The molecule has 0 spiro atoms. The number of carboxylic acids is 1. The summed E-state index contributed by atoms with van der Waals surface area (Å²) in [4.78, 5) is 21.8. The molecule has 1 aromatic rings. The van der Waals surface area contributed by atoms with E-state index in [9.17, 15) is 9.59 Å². The van der Waals surface area contributed by atoms with Crippen molar-refractivity contribution in [1.82, 2.24) is 5.32 Å². The molecule has 0 saturated carbocycles. The van der Waals surface area contributed by atoms with Gasteiger partial charge in [-0.1, -0.05) is 23.7 Å². The van der Waals surface area contributed by atoms with Gasteiger partial charge in [0, 0.05) is 0 Å². The molecule has 0 bridgehead atoms. The van der Waals surface area contributed by atoms with Crippen molar-refractivity contribution < 1.29 is 19.4 Å². The minimum atomic E-state index is -1.10. The number of carbonyl (C=O) groups is 2. The Kier molecular flexibility index (Phi) is 4.78. The molecule has 0 heterocycles. The van der Waals surface area contributed by atoms with Gasteiger partial charge in [0.25, 0.3) is 5.91 Å². The average Bonchev–Trinajstić information content (AvgIpc) is 2.27. The molecular formula is C11H12ClNO4. The lowest BCUT2D eigenvalue weighted by Crippen LogP contribution is -2.40. The molecule has 1 aromatic carbocycles. The first-order valence-corrected chi connectivity index (χ1v) is 5.28. The highest BCUT2D eigenvalue weighted by Crippen LogP contribution is 2.22. The quantitative estimate of drug-likeness (QED) is 0.834. The molecule has 0 aliphatic rings. The van der Waals surface area contributed by atoms with Crippen LogP contribution in [0.1, 0.15) is 6.92 Å². The molecule has 1 atom stereocenters. The molecule has 1 rings (SSSR count). The Morgan fingerprint density at radius 3 is 2.71 bits per heavy atom. The average molecular weight is 258 g/mol. The van der Waals surface area contributed by atoms with Gasteiger partial charge in [-0.3, -0.25) is 9.59 Å². The molecule has 1 amide bonds. The van der Waals surface area contributed by atoms with E-state index in [0.717, 1.165) is 0 Å². The molecule has 6 heteroatoms. The molecule has 0 aliphatic carbocycles. The third kappa shape index (κ3) is 4.32. The number of nitrogens with one attached hydrogen (secondary N) is 1. The minimum Gasteiger partial charge on any atom is -0.482 e. The van der Waals surface area contributed by atoms with Crippen LogP contribution >= 0.6 is 11.6 Å². The van der Waals surface area contributed by atoms with Crippen molar-refractivity contribution in [1.29, 1.82) is 0 Å². The van der Waals surface area contributed by atoms with Gasteiger partial charge < -0.3 is 15.2 Å². The van der Waals surface area contributed by atoms with Crippen molar-refractivity contribution in [2.24, 2.45) is 0 Å². The predicted octanol–water partition coefficient (Wildman–Crippen LogP) is 1.31. The zero-order chi connectivity index (χ0) is 12.8. The monoisotopic (exact) mass is 257 g/mol. The summed E-state index contributed by atoms with van der Waals surface area (Å²) in [6.07, 6.45) is 0. The topological polar surface area (TPSA) is 75.6 Å². The third-order valence-electron chi connectivity index (χ3n) is 1.94. The van der Waals surface area contributed by atoms with Crippen molar-refractivity contribution in [2.45, 2.75) is 13.0 Å². The van der Waals surface area contributed by atoms with Crippen molar-refractivity contribution in [3.63, 3.8) is 0 Å². The van der Waals surface area contributed by atoms with Crippen LogP contribution in [-0.4, -0.2) is 29.6 Å². The number of rotatable bonds is 5. The summed E-state index contributed by atoms with van der Waals surface area (Å²) in [5, 5.41) is 11.2. The molecule has 0 fully saturated rings. The minimum absolute atomic E-state index is 0.276. The van der Waals surface area contributed by atoms with Gasteiger partial charge in [0.1, 0.15) is 11.8 Å². The lowest BCUT2D eigenvalue weighted by molar-refractivity contribution is -0.141. The van der Waals surface area contributed by atoms with Crippen LogP contribution in [-0.2, 0) is 9.59 Å². The Bertz CT molecular complexity index is 422. The fourth-order valence-electron chi connectivity index (χ4n) is 1.05. The maximum absolute atomic E-state index is 11.3. The van der Waals surface area contributed by atoms with Crippen LogP contribution in [0, 0.1) is 0 Å². The summed E-state index contributed by atoms with van der Waals surface area (Å²) in [5.41, 5.74) is 0. The van der Waals surface area contributed by atoms with Gasteiger partial charge in [0.15, 0.2) is 6.61 Å². The van der Waals surface area contributed by atoms with Crippen molar-refractivity contribution in [2.75, 3.05) is 6.61 Å². The van der Waals surface area contributed by atoms with Crippen LogP contribution in [0.4, 0.5) is 0 Å². The van der Waals surface area contributed by atoms with Gasteiger partial charge in [-0.05, 0) is 19.1 Å². The van der Waals surface area contributed by atoms with Crippen LogP contribution in [0.3, 0.4) is 0 Å². The van der Waals surface area contributed by atoms with E-state index in [1.165, 1.54) is 6.92 Å². The number of hydrogen-bond donors (Lipinski definition) is 2. The Morgan fingerprint density at radius 1 is 1.47 bits per heavy atom. The fourth-order valence-corrected chi connectivity index (χ4v) is 1.24. The van der Waals surface area contributed by atoms with E-state index in [4.69, 9.17) is 21.4 Å². The van der Waals surface area contributed by atoms with Gasteiger partial charge in [0.2, 0.25) is 0 Å². The van der Waals surface area contributed by atoms with Gasteiger partial charge >= 0.3 is 5.97 Å². The highest BCUT2D eigenvalue weighted by Gasteiger charge is 2.14. The maximum atomic E-state index is 11.3. The van der Waals surface area contributed by atoms with Gasteiger partial charge in [-0.2, -0.15) is 0 Å². The molecule has 0 saturated heterocycles. The van der Waals surface area contributed by atoms with E-state index < -0.39 is 17.9 Å². The van der Waals surface area contributed by atoms with Crippen LogP contribution < -0.4 is 10.1 Å². The number of aliphatic carboxylic acids is 1. The second-order valence-electron chi connectivity index (χ2n) is 3.35. The van der Waals surface area contributed by atoms with Gasteiger partial charge in [0.05, 0.1) is 5.02 Å². The highest BCUT2D eigenvalue weighted by molar-refractivity contribution is 6.32. The van der Waals surface area contributed by atoms with E-state index in [1.807, 2.05) is 0 Å². The molecule has 5 nitrogen and oxygen atoms in total. The first kappa shape index (κ1) is 13.3. The van der Waals surface area contributed by atoms with E-state index in [1.54, 1.807) is 24.3 Å². The Labute approximate surface area is 103 Å². The first-order valence-electron chi connectivity index (χ1n) is 4.90. The summed E-state index contributed by atoms with van der Waals surface area (Å²) in [5.74, 6) is -1.23. The molecule has 0 aromatic heterocycles. The van der Waals surface area contributed by atoms with E-state index >= 15 is 0 Å².